The Balaban J connectivity index is 1.72. The fourth-order valence-corrected chi connectivity index (χ4v) is 2.98. The first-order valence-electron chi connectivity index (χ1n) is 7.45. The quantitative estimate of drug-likeness (QED) is 0.888. The van der Waals surface area contributed by atoms with Crippen molar-refractivity contribution in [2.24, 2.45) is 5.92 Å². The van der Waals surface area contributed by atoms with Crippen molar-refractivity contribution in [3.63, 3.8) is 0 Å². The van der Waals surface area contributed by atoms with Gasteiger partial charge in [0, 0.05) is 31.2 Å². The van der Waals surface area contributed by atoms with E-state index in [1.165, 1.54) is 12.8 Å². The second kappa shape index (κ2) is 4.87. The predicted octanol–water partition coefficient (Wildman–Crippen LogP) is 1.26. The van der Waals surface area contributed by atoms with Gasteiger partial charge in [0.2, 0.25) is 0 Å². The molecule has 2 heterocycles. The minimum absolute atomic E-state index is 0.190. The first-order chi connectivity index (χ1) is 9.10. The van der Waals surface area contributed by atoms with Crippen LogP contribution in [0.2, 0.25) is 0 Å². The molecule has 5 heteroatoms. The van der Waals surface area contributed by atoms with Crippen LogP contribution in [0.25, 0.3) is 0 Å². The molecule has 0 aromatic carbocycles. The van der Waals surface area contributed by atoms with E-state index in [2.05, 4.69) is 41.1 Å². The molecule has 0 radical (unpaired) electrons. The van der Waals surface area contributed by atoms with Crippen molar-refractivity contribution in [3.8, 4) is 0 Å². The van der Waals surface area contributed by atoms with E-state index >= 15 is 0 Å². The Labute approximate surface area is 115 Å². The van der Waals surface area contributed by atoms with E-state index in [4.69, 9.17) is 0 Å². The van der Waals surface area contributed by atoms with Gasteiger partial charge in [-0.25, -0.2) is 9.67 Å². The second-order valence-corrected chi connectivity index (χ2v) is 6.51. The third-order valence-electron chi connectivity index (χ3n) is 4.59. The van der Waals surface area contributed by atoms with Gasteiger partial charge in [-0.2, -0.15) is 5.10 Å². The third kappa shape index (κ3) is 2.67. The lowest BCUT2D eigenvalue weighted by atomic mass is 9.95. The van der Waals surface area contributed by atoms with Crippen molar-refractivity contribution in [2.45, 2.75) is 58.3 Å². The summed E-state index contributed by atoms with van der Waals surface area (Å²) in [5.74, 6) is 2.00. The van der Waals surface area contributed by atoms with Gasteiger partial charge in [-0.1, -0.05) is 0 Å². The van der Waals surface area contributed by atoms with Crippen LogP contribution in [0.3, 0.4) is 0 Å². The monoisotopic (exact) mass is 263 g/mol. The molecule has 0 bridgehead atoms. The van der Waals surface area contributed by atoms with E-state index in [9.17, 15) is 0 Å². The zero-order valence-corrected chi connectivity index (χ0v) is 12.3. The molecule has 106 valence electrons. The Kier molecular flexibility index (Phi) is 3.35. The molecule has 2 fully saturated rings. The molecule has 19 heavy (non-hydrogen) atoms. The Bertz CT molecular complexity index is 435. The van der Waals surface area contributed by atoms with Crippen LogP contribution in [-0.4, -0.2) is 44.3 Å². The van der Waals surface area contributed by atoms with Crippen LogP contribution >= 0.6 is 0 Å². The van der Waals surface area contributed by atoms with Gasteiger partial charge in [0.1, 0.15) is 12.2 Å². The van der Waals surface area contributed by atoms with Crippen LogP contribution in [-0.2, 0) is 13.1 Å². The fourth-order valence-electron chi connectivity index (χ4n) is 2.98. The highest BCUT2D eigenvalue weighted by molar-refractivity contribution is 5.00. The molecule has 1 aromatic rings. The van der Waals surface area contributed by atoms with Crippen LogP contribution < -0.4 is 5.32 Å². The molecule has 1 atom stereocenters. The molecule has 5 nitrogen and oxygen atoms in total. The number of rotatable bonds is 4. The molecule has 1 aliphatic carbocycles. The molecule has 0 amide bonds. The number of nitrogens with one attached hydrogen (secondary N) is 1. The Morgan fingerprint density at radius 3 is 2.89 bits per heavy atom. The third-order valence-corrected chi connectivity index (χ3v) is 4.59. The minimum atomic E-state index is 0.190. The predicted molar refractivity (Wildman–Crippen MR) is 74.7 cm³/mol. The van der Waals surface area contributed by atoms with E-state index in [1.54, 1.807) is 6.33 Å². The maximum absolute atomic E-state index is 4.42. The van der Waals surface area contributed by atoms with Crippen LogP contribution in [0.5, 0.6) is 0 Å². The Morgan fingerprint density at radius 1 is 1.42 bits per heavy atom. The molecule has 1 N–H and O–H groups in total. The molecule has 2 aliphatic rings. The van der Waals surface area contributed by atoms with Gasteiger partial charge in [-0.15, -0.1) is 0 Å². The molecule has 1 aliphatic heterocycles. The van der Waals surface area contributed by atoms with Gasteiger partial charge in [0.25, 0.3) is 0 Å². The van der Waals surface area contributed by atoms with Gasteiger partial charge in [-0.3, -0.25) is 4.90 Å². The number of piperazine rings is 1. The first-order valence-corrected chi connectivity index (χ1v) is 7.45. The molecule has 1 saturated heterocycles. The summed E-state index contributed by atoms with van der Waals surface area (Å²) in [5.41, 5.74) is 0.190. The molecule has 0 spiro atoms. The molecular formula is C14H25N5. The summed E-state index contributed by atoms with van der Waals surface area (Å²) in [4.78, 5) is 6.99. The maximum atomic E-state index is 4.42. The summed E-state index contributed by atoms with van der Waals surface area (Å²) in [6.07, 6.45) is 4.47. The fraction of sp³-hybridized carbons (Fsp3) is 0.857. The van der Waals surface area contributed by atoms with Crippen molar-refractivity contribution < 1.29 is 0 Å². The maximum Gasteiger partial charge on any atom is 0.141 e. The van der Waals surface area contributed by atoms with E-state index in [0.29, 0.717) is 6.04 Å². The van der Waals surface area contributed by atoms with Gasteiger partial charge in [0.05, 0.1) is 6.54 Å². The molecule has 1 unspecified atom stereocenters. The molecule has 1 aromatic heterocycles. The van der Waals surface area contributed by atoms with Gasteiger partial charge in [-0.05, 0) is 39.5 Å². The van der Waals surface area contributed by atoms with Gasteiger partial charge in [0.15, 0.2) is 0 Å². The van der Waals surface area contributed by atoms with Gasteiger partial charge < -0.3 is 5.32 Å². The number of aromatic nitrogens is 3. The van der Waals surface area contributed by atoms with Crippen molar-refractivity contribution in [2.75, 3.05) is 13.1 Å². The highest BCUT2D eigenvalue weighted by atomic mass is 15.4. The number of hydrogen-bond donors (Lipinski definition) is 1. The lowest BCUT2D eigenvalue weighted by Crippen LogP contribution is -2.62. The Morgan fingerprint density at radius 2 is 2.21 bits per heavy atom. The van der Waals surface area contributed by atoms with Crippen molar-refractivity contribution in [3.05, 3.63) is 12.2 Å². The second-order valence-electron chi connectivity index (χ2n) is 6.51. The zero-order chi connectivity index (χ0) is 13.5. The summed E-state index contributed by atoms with van der Waals surface area (Å²) in [6.45, 7) is 10.8. The highest BCUT2D eigenvalue weighted by Gasteiger charge is 2.40. The van der Waals surface area contributed by atoms with Crippen molar-refractivity contribution in [1.82, 2.24) is 25.0 Å². The number of aryl methyl sites for hydroxylation is 1. The van der Waals surface area contributed by atoms with Crippen molar-refractivity contribution >= 4 is 0 Å². The van der Waals surface area contributed by atoms with E-state index < -0.39 is 0 Å². The molecule has 1 saturated carbocycles. The summed E-state index contributed by atoms with van der Waals surface area (Å²) in [5, 5.41) is 8.00. The number of nitrogens with zero attached hydrogens (tertiary/aromatic N) is 4. The number of hydrogen-bond acceptors (Lipinski definition) is 4. The van der Waals surface area contributed by atoms with Crippen LogP contribution in [0, 0.1) is 5.92 Å². The average molecular weight is 263 g/mol. The van der Waals surface area contributed by atoms with E-state index in [-0.39, 0.29) is 5.54 Å². The lowest BCUT2D eigenvalue weighted by Gasteiger charge is -2.46. The average Bonchev–Trinajstić information content (AvgIpc) is 3.12. The highest BCUT2D eigenvalue weighted by Crippen LogP contribution is 2.35. The largest absolute Gasteiger partial charge is 0.311 e. The van der Waals surface area contributed by atoms with Crippen molar-refractivity contribution in [1.29, 1.82) is 0 Å². The van der Waals surface area contributed by atoms with Crippen LogP contribution in [0.1, 0.15) is 39.4 Å². The van der Waals surface area contributed by atoms with E-state index in [0.717, 1.165) is 37.9 Å². The minimum Gasteiger partial charge on any atom is -0.311 e. The van der Waals surface area contributed by atoms with Crippen LogP contribution in [0.4, 0.5) is 0 Å². The zero-order valence-electron chi connectivity index (χ0n) is 12.3. The standard InChI is InChI=1S/C14H25N5/c1-4-19-13(16-10-17-19)8-18-7-12(11-5-6-11)15-9-14(18,2)3/h10-12,15H,4-9H2,1-3H3. The summed E-state index contributed by atoms with van der Waals surface area (Å²) in [6, 6.07) is 0.672. The smallest absolute Gasteiger partial charge is 0.141 e. The molecular weight excluding hydrogens is 238 g/mol. The van der Waals surface area contributed by atoms with Gasteiger partial charge >= 0.3 is 0 Å². The normalized spacial score (nSPS) is 27.6. The summed E-state index contributed by atoms with van der Waals surface area (Å²) in [7, 11) is 0. The van der Waals surface area contributed by atoms with Crippen LogP contribution in [0.15, 0.2) is 6.33 Å². The topological polar surface area (TPSA) is 46.0 Å². The lowest BCUT2D eigenvalue weighted by molar-refractivity contribution is 0.0498. The summed E-state index contributed by atoms with van der Waals surface area (Å²) < 4.78 is 2.00. The SMILES string of the molecule is CCn1ncnc1CN1CC(C2CC2)NCC1(C)C. The van der Waals surface area contributed by atoms with E-state index in [1.807, 2.05) is 4.68 Å². The molecule has 3 rings (SSSR count). The first kappa shape index (κ1) is 13.1. The Hall–Kier alpha value is -0.940. The summed E-state index contributed by atoms with van der Waals surface area (Å²) >= 11 is 0.